The normalized spacial score (nSPS) is 32.9. The molecule has 1 N–H and O–H groups in total. The molecule has 0 aromatic heterocycles. The van der Waals surface area contributed by atoms with Crippen LogP contribution in [0.2, 0.25) is 0 Å². The monoisotopic (exact) mass is 797 g/mol. The first kappa shape index (κ1) is 42.1. The lowest BCUT2D eigenvalue weighted by atomic mass is 9.43. The van der Waals surface area contributed by atoms with Crippen molar-refractivity contribution in [1.82, 2.24) is 0 Å². The molecule has 0 radical (unpaired) electrons. The molecule has 4 aliphatic carbocycles. The van der Waals surface area contributed by atoms with Crippen molar-refractivity contribution in [3.8, 4) is 5.75 Å². The SMILES string of the molecule is COc1ccc(COC(=O)CC[C@@H](C)[C@H]2CC[C@H]3[C@@H]4[C@H](O)CC5C[C@H](OC(=O)Cc6ccc(N(CC(C)Cl)CC(C)Cl)cc6)CC[C@]5(C)[C@H]4CC[C@]23C)cc1. The maximum Gasteiger partial charge on any atom is 0.310 e. The molecule has 0 aliphatic heterocycles. The third kappa shape index (κ3) is 9.63. The number of ether oxygens (including phenoxy) is 3. The molecule has 12 atom stereocenters. The average molecular weight is 799 g/mol. The van der Waals surface area contributed by atoms with Crippen molar-refractivity contribution in [2.75, 3.05) is 25.1 Å². The van der Waals surface area contributed by atoms with E-state index < -0.39 is 0 Å². The molecule has 0 bridgehead atoms. The number of hydrogen-bond donors (Lipinski definition) is 1. The van der Waals surface area contributed by atoms with E-state index in [1.54, 1.807) is 7.11 Å². The molecule has 2 aromatic rings. The Morgan fingerprint density at radius 1 is 0.836 bits per heavy atom. The van der Waals surface area contributed by atoms with Gasteiger partial charge in [-0.1, -0.05) is 45.0 Å². The second kappa shape index (κ2) is 18.0. The number of esters is 2. The Bertz CT molecular complexity index is 1570. The van der Waals surface area contributed by atoms with Crippen LogP contribution in [0.4, 0.5) is 5.69 Å². The van der Waals surface area contributed by atoms with Crippen LogP contribution in [0.15, 0.2) is 48.5 Å². The van der Waals surface area contributed by atoms with Crippen LogP contribution in [-0.2, 0) is 32.1 Å². The lowest BCUT2D eigenvalue weighted by Crippen LogP contribution is -2.58. The standard InChI is InChI=1S/C46H65Cl2NO6/c1-29(7-18-42(51)54-28-33-10-14-36(53-6)15-11-33)38-16-17-39-44-40(20-22-46(38,39)5)45(4)21-19-37(24-34(45)25-41(44)50)55-43(52)23-32-8-12-35(13-9-32)49(26-30(2)47)27-31(3)48/h8-15,29-31,34,37-41,44,50H,7,16-28H2,1-6H3/t29-,30?,31?,34?,37-,38-,39+,40+,41-,44+,45+,46-/m1/s1. The third-order valence-corrected chi connectivity index (χ3v) is 14.9. The van der Waals surface area contributed by atoms with Crippen LogP contribution in [0.25, 0.3) is 0 Å². The van der Waals surface area contributed by atoms with Crippen LogP contribution in [-0.4, -0.2) is 60.2 Å². The van der Waals surface area contributed by atoms with Crippen molar-refractivity contribution < 1.29 is 28.9 Å². The van der Waals surface area contributed by atoms with E-state index in [2.05, 4.69) is 25.7 Å². The molecule has 4 aliphatic rings. The van der Waals surface area contributed by atoms with Crippen LogP contribution >= 0.6 is 23.2 Å². The first-order chi connectivity index (χ1) is 26.2. The van der Waals surface area contributed by atoms with E-state index in [9.17, 15) is 14.7 Å². The van der Waals surface area contributed by atoms with Gasteiger partial charge in [0.1, 0.15) is 18.5 Å². The van der Waals surface area contributed by atoms with Gasteiger partial charge >= 0.3 is 11.9 Å². The minimum Gasteiger partial charge on any atom is -0.497 e. The van der Waals surface area contributed by atoms with E-state index in [0.717, 1.165) is 73.9 Å². The number of aliphatic hydroxyl groups excluding tert-OH is 1. The molecule has 3 unspecified atom stereocenters. The number of benzene rings is 2. The first-order valence-corrected chi connectivity index (χ1v) is 21.9. The molecule has 7 nitrogen and oxygen atoms in total. The summed E-state index contributed by atoms with van der Waals surface area (Å²) in [5.41, 5.74) is 3.25. The zero-order valence-corrected chi connectivity index (χ0v) is 35.5. The van der Waals surface area contributed by atoms with Gasteiger partial charge < -0.3 is 24.2 Å². The van der Waals surface area contributed by atoms with E-state index in [1.807, 2.05) is 62.4 Å². The van der Waals surface area contributed by atoms with Crippen molar-refractivity contribution in [3.63, 3.8) is 0 Å². The topological polar surface area (TPSA) is 85.3 Å². The van der Waals surface area contributed by atoms with Crippen molar-refractivity contribution >= 4 is 40.8 Å². The van der Waals surface area contributed by atoms with Crippen molar-refractivity contribution in [1.29, 1.82) is 0 Å². The summed E-state index contributed by atoms with van der Waals surface area (Å²) in [5.74, 6) is 3.07. The minimum atomic E-state index is -0.328. The summed E-state index contributed by atoms with van der Waals surface area (Å²) in [4.78, 5) is 28.2. The molecule has 0 saturated heterocycles. The molecule has 304 valence electrons. The van der Waals surface area contributed by atoms with Crippen LogP contribution in [0.1, 0.15) is 110 Å². The average Bonchev–Trinajstić information content (AvgIpc) is 3.50. The molecular formula is C46H65Cl2NO6. The lowest BCUT2D eigenvalue weighted by molar-refractivity contribution is -0.182. The summed E-state index contributed by atoms with van der Waals surface area (Å²) in [6.07, 6.45) is 9.25. The van der Waals surface area contributed by atoms with Gasteiger partial charge in [0.25, 0.3) is 0 Å². The summed E-state index contributed by atoms with van der Waals surface area (Å²) < 4.78 is 17.0. The van der Waals surface area contributed by atoms with Crippen LogP contribution in [0.3, 0.4) is 0 Å². The number of halogens is 2. The highest BCUT2D eigenvalue weighted by molar-refractivity contribution is 6.21. The smallest absolute Gasteiger partial charge is 0.310 e. The molecular weight excluding hydrogens is 733 g/mol. The lowest BCUT2D eigenvalue weighted by Gasteiger charge is -2.62. The zero-order valence-electron chi connectivity index (χ0n) is 34.0. The molecule has 6 rings (SSSR count). The Kier molecular flexibility index (Phi) is 13.8. The Morgan fingerprint density at radius 3 is 2.13 bits per heavy atom. The molecule has 4 fully saturated rings. The largest absolute Gasteiger partial charge is 0.497 e. The Morgan fingerprint density at radius 2 is 1.47 bits per heavy atom. The Hall–Kier alpha value is -2.48. The number of rotatable bonds is 15. The van der Waals surface area contributed by atoms with Crippen LogP contribution < -0.4 is 9.64 Å². The van der Waals surface area contributed by atoms with E-state index in [4.69, 9.17) is 37.4 Å². The first-order valence-electron chi connectivity index (χ1n) is 21.0. The van der Waals surface area contributed by atoms with Gasteiger partial charge in [-0.3, -0.25) is 9.59 Å². The highest BCUT2D eigenvalue weighted by Gasteiger charge is 2.63. The Balaban J connectivity index is 0.999. The van der Waals surface area contributed by atoms with Gasteiger partial charge in [0.2, 0.25) is 0 Å². The fourth-order valence-electron chi connectivity index (χ4n) is 11.9. The fraction of sp³-hybridized carbons (Fsp3) is 0.696. The second-order valence-electron chi connectivity index (χ2n) is 18.2. The fourth-order valence-corrected chi connectivity index (χ4v) is 12.2. The summed E-state index contributed by atoms with van der Waals surface area (Å²) in [7, 11) is 1.64. The molecule has 0 amide bonds. The predicted molar refractivity (Wildman–Crippen MR) is 221 cm³/mol. The number of alkyl halides is 2. The number of methoxy groups -OCH3 is 1. The number of carbonyl (C=O) groups excluding carboxylic acids is 2. The van der Waals surface area contributed by atoms with Gasteiger partial charge in [-0.25, -0.2) is 0 Å². The van der Waals surface area contributed by atoms with Crippen LogP contribution in [0.5, 0.6) is 5.75 Å². The molecule has 9 heteroatoms. The summed E-state index contributed by atoms with van der Waals surface area (Å²) in [5, 5.41) is 11.9. The van der Waals surface area contributed by atoms with E-state index >= 15 is 0 Å². The van der Waals surface area contributed by atoms with E-state index in [-0.39, 0.29) is 58.8 Å². The highest BCUT2D eigenvalue weighted by Crippen LogP contribution is 2.68. The van der Waals surface area contributed by atoms with Gasteiger partial charge in [0, 0.05) is 36.0 Å². The van der Waals surface area contributed by atoms with Gasteiger partial charge in [0.05, 0.1) is 19.6 Å². The second-order valence-corrected chi connectivity index (χ2v) is 19.7. The van der Waals surface area contributed by atoms with E-state index in [0.29, 0.717) is 55.0 Å². The number of fused-ring (bicyclic) bond motifs is 5. The highest BCUT2D eigenvalue weighted by atomic mass is 35.5. The minimum absolute atomic E-state index is 0.00564. The van der Waals surface area contributed by atoms with Gasteiger partial charge in [-0.15, -0.1) is 23.2 Å². The van der Waals surface area contributed by atoms with Gasteiger partial charge in [0.15, 0.2) is 0 Å². The van der Waals surface area contributed by atoms with Gasteiger partial charge in [-0.2, -0.15) is 0 Å². The predicted octanol–water partition coefficient (Wildman–Crippen LogP) is 10.00. The maximum atomic E-state index is 13.2. The van der Waals surface area contributed by atoms with E-state index in [1.165, 1.54) is 6.42 Å². The quantitative estimate of drug-likeness (QED) is 0.142. The molecule has 0 spiro atoms. The van der Waals surface area contributed by atoms with Crippen molar-refractivity contribution in [3.05, 3.63) is 59.7 Å². The summed E-state index contributed by atoms with van der Waals surface area (Å²) in [6, 6.07) is 15.7. The number of aliphatic hydroxyl groups is 1. The maximum absolute atomic E-state index is 13.2. The number of carbonyl (C=O) groups is 2. The molecule has 55 heavy (non-hydrogen) atoms. The van der Waals surface area contributed by atoms with Crippen molar-refractivity contribution in [2.24, 2.45) is 46.3 Å². The van der Waals surface area contributed by atoms with Crippen LogP contribution in [0, 0.1) is 46.3 Å². The molecule has 4 saturated carbocycles. The molecule has 2 aromatic carbocycles. The summed E-state index contributed by atoms with van der Waals surface area (Å²) in [6.45, 7) is 12.9. The molecule has 0 heterocycles. The zero-order chi connectivity index (χ0) is 39.5. The number of hydrogen-bond acceptors (Lipinski definition) is 7. The van der Waals surface area contributed by atoms with Gasteiger partial charge in [-0.05, 0) is 153 Å². The Labute approximate surface area is 340 Å². The summed E-state index contributed by atoms with van der Waals surface area (Å²) >= 11 is 12.6. The third-order valence-electron chi connectivity index (χ3n) is 14.6. The van der Waals surface area contributed by atoms with Crippen molar-refractivity contribution in [2.45, 2.75) is 135 Å². The number of anilines is 1. The number of nitrogens with zero attached hydrogens (tertiary/aromatic N) is 1.